The topological polar surface area (TPSA) is 62.5 Å². The molecular weight excluding hydrogens is 268 g/mol. The van der Waals surface area contributed by atoms with Crippen molar-refractivity contribution in [2.75, 3.05) is 13.1 Å². The number of likely N-dealkylation sites (tertiary alicyclic amines) is 2. The summed E-state index contributed by atoms with van der Waals surface area (Å²) in [6, 6.07) is 0.798. The van der Waals surface area contributed by atoms with E-state index in [9.17, 15) is 4.79 Å². The van der Waals surface area contributed by atoms with E-state index >= 15 is 0 Å². The lowest BCUT2D eigenvalue weighted by atomic mass is 10.0. The molecule has 0 aliphatic carbocycles. The van der Waals surface area contributed by atoms with Crippen LogP contribution in [0.4, 0.5) is 0 Å². The molecule has 3 rings (SSSR count). The maximum Gasteiger partial charge on any atom is 0.240 e. The van der Waals surface area contributed by atoms with Crippen molar-refractivity contribution in [3.8, 4) is 0 Å². The van der Waals surface area contributed by atoms with Crippen molar-refractivity contribution in [3.05, 3.63) is 11.7 Å². The van der Waals surface area contributed by atoms with Crippen LogP contribution in [0.2, 0.25) is 0 Å². The van der Waals surface area contributed by atoms with Gasteiger partial charge in [0.2, 0.25) is 11.8 Å². The minimum atomic E-state index is 0.204. The zero-order valence-corrected chi connectivity index (χ0v) is 12.9. The molecule has 116 valence electrons. The number of rotatable bonds is 4. The first kappa shape index (κ1) is 14.5. The van der Waals surface area contributed by atoms with Crippen molar-refractivity contribution >= 4 is 5.91 Å². The van der Waals surface area contributed by atoms with E-state index in [2.05, 4.69) is 15.0 Å². The number of carbonyl (C=O) groups is 1. The third-order valence-corrected chi connectivity index (χ3v) is 4.73. The molecule has 21 heavy (non-hydrogen) atoms. The van der Waals surface area contributed by atoms with Gasteiger partial charge >= 0.3 is 0 Å². The average molecular weight is 292 g/mol. The van der Waals surface area contributed by atoms with Crippen LogP contribution >= 0.6 is 0 Å². The van der Waals surface area contributed by atoms with Gasteiger partial charge < -0.3 is 9.42 Å². The van der Waals surface area contributed by atoms with Gasteiger partial charge in [-0.1, -0.05) is 12.1 Å². The van der Waals surface area contributed by atoms with Crippen molar-refractivity contribution in [3.63, 3.8) is 0 Å². The van der Waals surface area contributed by atoms with Gasteiger partial charge in [-0.05, 0) is 32.2 Å². The van der Waals surface area contributed by atoms with Crippen LogP contribution in [0.1, 0.15) is 51.2 Å². The quantitative estimate of drug-likeness (QED) is 0.843. The predicted octanol–water partition coefficient (Wildman–Crippen LogP) is 1.61. The van der Waals surface area contributed by atoms with Crippen molar-refractivity contribution in [2.45, 2.75) is 64.6 Å². The Kier molecular flexibility index (Phi) is 4.24. The van der Waals surface area contributed by atoms with E-state index in [1.165, 1.54) is 6.42 Å². The van der Waals surface area contributed by atoms with E-state index in [0.29, 0.717) is 24.5 Å². The standard InChI is InChI=1S/C15H24N4O2/c1-3-14-16-15(21-17-14)10-18-8-4-6-12(18)13-7-5-9-19(13)11(2)20/h12-13H,3-10H2,1-2H3/t12-,13-/m1/s1. The maximum absolute atomic E-state index is 11.8. The largest absolute Gasteiger partial charge is 0.338 e. The van der Waals surface area contributed by atoms with Gasteiger partial charge in [0.1, 0.15) is 0 Å². The smallest absolute Gasteiger partial charge is 0.240 e. The number of aryl methyl sites for hydroxylation is 1. The van der Waals surface area contributed by atoms with Crippen molar-refractivity contribution in [1.82, 2.24) is 19.9 Å². The van der Waals surface area contributed by atoms with E-state index in [1.807, 2.05) is 11.8 Å². The monoisotopic (exact) mass is 292 g/mol. The van der Waals surface area contributed by atoms with Crippen molar-refractivity contribution in [2.24, 2.45) is 0 Å². The van der Waals surface area contributed by atoms with Gasteiger partial charge in [0.15, 0.2) is 5.82 Å². The van der Waals surface area contributed by atoms with Gasteiger partial charge in [-0.25, -0.2) is 0 Å². The van der Waals surface area contributed by atoms with Crippen LogP contribution in [0.3, 0.4) is 0 Å². The van der Waals surface area contributed by atoms with E-state index in [0.717, 1.165) is 44.6 Å². The molecule has 2 fully saturated rings. The number of carbonyl (C=O) groups excluding carboxylic acids is 1. The second kappa shape index (κ2) is 6.13. The predicted molar refractivity (Wildman–Crippen MR) is 77.5 cm³/mol. The van der Waals surface area contributed by atoms with Crippen LogP contribution in [0.15, 0.2) is 4.52 Å². The summed E-state index contributed by atoms with van der Waals surface area (Å²) in [6.07, 6.45) is 5.37. The molecule has 2 saturated heterocycles. The summed E-state index contributed by atoms with van der Waals surface area (Å²) in [4.78, 5) is 20.7. The molecule has 0 bridgehead atoms. The van der Waals surface area contributed by atoms with E-state index in [4.69, 9.17) is 4.52 Å². The Balaban J connectivity index is 1.68. The molecule has 0 radical (unpaired) electrons. The first-order valence-electron chi connectivity index (χ1n) is 8.01. The molecule has 2 aliphatic heterocycles. The summed E-state index contributed by atoms with van der Waals surface area (Å²) in [6.45, 7) is 6.38. The van der Waals surface area contributed by atoms with Gasteiger partial charge in [0.25, 0.3) is 0 Å². The van der Waals surface area contributed by atoms with Gasteiger partial charge in [-0.2, -0.15) is 4.98 Å². The van der Waals surface area contributed by atoms with Crippen LogP contribution in [-0.2, 0) is 17.8 Å². The second-order valence-electron chi connectivity index (χ2n) is 6.06. The number of aromatic nitrogens is 2. The minimum absolute atomic E-state index is 0.204. The summed E-state index contributed by atoms with van der Waals surface area (Å²) in [7, 11) is 0. The molecule has 0 aromatic carbocycles. The SMILES string of the molecule is CCc1noc(CN2CCC[C@@H]2[C@H]2CCCN2C(C)=O)n1. The zero-order valence-electron chi connectivity index (χ0n) is 12.9. The second-order valence-corrected chi connectivity index (χ2v) is 6.06. The molecule has 1 aromatic rings. The molecule has 0 saturated carbocycles. The van der Waals surface area contributed by atoms with Crippen LogP contribution < -0.4 is 0 Å². The van der Waals surface area contributed by atoms with Crippen molar-refractivity contribution in [1.29, 1.82) is 0 Å². The zero-order chi connectivity index (χ0) is 14.8. The molecule has 6 heteroatoms. The van der Waals surface area contributed by atoms with Gasteiger partial charge in [0, 0.05) is 32.0 Å². The molecule has 2 atom stereocenters. The highest BCUT2D eigenvalue weighted by molar-refractivity contribution is 5.74. The summed E-state index contributed by atoms with van der Waals surface area (Å²) in [5.74, 6) is 1.67. The average Bonchev–Trinajstić information content (AvgIpc) is 3.18. The number of hydrogen-bond acceptors (Lipinski definition) is 5. The molecule has 0 spiro atoms. The number of hydrogen-bond donors (Lipinski definition) is 0. The lowest BCUT2D eigenvalue weighted by Crippen LogP contribution is -2.47. The number of nitrogens with zero attached hydrogens (tertiary/aromatic N) is 4. The van der Waals surface area contributed by atoms with Crippen LogP contribution in [0.25, 0.3) is 0 Å². The summed E-state index contributed by atoms with van der Waals surface area (Å²) < 4.78 is 5.32. The third kappa shape index (κ3) is 2.95. The van der Waals surface area contributed by atoms with Crippen molar-refractivity contribution < 1.29 is 9.32 Å². The fourth-order valence-electron chi connectivity index (χ4n) is 3.74. The highest BCUT2D eigenvalue weighted by atomic mass is 16.5. The Hall–Kier alpha value is -1.43. The molecule has 1 amide bonds. The summed E-state index contributed by atoms with van der Waals surface area (Å²) in [5.41, 5.74) is 0. The molecule has 0 N–H and O–H groups in total. The van der Waals surface area contributed by atoms with E-state index < -0.39 is 0 Å². The fraction of sp³-hybridized carbons (Fsp3) is 0.800. The van der Waals surface area contributed by atoms with Crippen LogP contribution in [0.5, 0.6) is 0 Å². The van der Waals surface area contributed by atoms with Gasteiger partial charge in [0.05, 0.1) is 6.54 Å². The molecule has 2 aliphatic rings. The summed E-state index contributed by atoms with van der Waals surface area (Å²) >= 11 is 0. The molecular formula is C15H24N4O2. The van der Waals surface area contributed by atoms with E-state index in [1.54, 1.807) is 6.92 Å². The third-order valence-electron chi connectivity index (χ3n) is 4.73. The molecule has 0 unspecified atom stereocenters. The minimum Gasteiger partial charge on any atom is -0.338 e. The molecule has 6 nitrogen and oxygen atoms in total. The Labute approximate surface area is 125 Å². The number of amides is 1. The van der Waals surface area contributed by atoms with E-state index in [-0.39, 0.29) is 5.91 Å². The summed E-state index contributed by atoms with van der Waals surface area (Å²) in [5, 5.41) is 3.97. The first-order chi connectivity index (χ1) is 10.2. The normalized spacial score (nSPS) is 26.7. The Morgan fingerprint density at radius 1 is 1.29 bits per heavy atom. The first-order valence-corrected chi connectivity index (χ1v) is 8.01. The Bertz CT molecular complexity index is 502. The Morgan fingerprint density at radius 2 is 2.05 bits per heavy atom. The Morgan fingerprint density at radius 3 is 2.76 bits per heavy atom. The molecule has 3 heterocycles. The fourth-order valence-corrected chi connectivity index (χ4v) is 3.74. The van der Waals surface area contributed by atoms with Crippen LogP contribution in [-0.4, -0.2) is 51.0 Å². The highest BCUT2D eigenvalue weighted by Gasteiger charge is 2.39. The van der Waals surface area contributed by atoms with Gasteiger partial charge in [-0.3, -0.25) is 9.69 Å². The maximum atomic E-state index is 11.8. The van der Waals surface area contributed by atoms with Gasteiger partial charge in [-0.15, -0.1) is 0 Å². The lowest BCUT2D eigenvalue weighted by molar-refractivity contribution is -0.130. The highest BCUT2D eigenvalue weighted by Crippen LogP contribution is 2.30. The lowest BCUT2D eigenvalue weighted by Gasteiger charge is -2.33. The van der Waals surface area contributed by atoms with Crippen LogP contribution in [0, 0.1) is 0 Å². The molecule has 1 aromatic heterocycles.